The molecule has 2 aromatic rings. The van der Waals surface area contributed by atoms with Crippen LogP contribution in [-0.4, -0.2) is 51.2 Å². The molecule has 2 atom stereocenters. The molecule has 2 fully saturated rings. The third-order valence-electron chi connectivity index (χ3n) is 5.57. The smallest absolute Gasteiger partial charge is 0.247 e. The number of hydrogen-bond acceptors (Lipinski definition) is 6. The number of nitrogens with one attached hydrogen (secondary N) is 1. The van der Waals surface area contributed by atoms with Gasteiger partial charge in [0.2, 0.25) is 5.95 Å². The Balaban J connectivity index is 1.42. The number of benzene rings is 1. The maximum atomic E-state index is 10.8. The quantitative estimate of drug-likeness (QED) is 0.887. The first-order valence-corrected chi connectivity index (χ1v) is 8.62. The highest BCUT2D eigenvalue weighted by Crippen LogP contribution is 2.48. The van der Waals surface area contributed by atoms with Crippen molar-refractivity contribution in [3.8, 4) is 5.69 Å². The molecule has 7 heteroatoms. The predicted molar refractivity (Wildman–Crippen MR) is 88.9 cm³/mol. The van der Waals surface area contributed by atoms with Gasteiger partial charge >= 0.3 is 0 Å². The van der Waals surface area contributed by atoms with Crippen LogP contribution in [0.15, 0.2) is 30.3 Å². The van der Waals surface area contributed by atoms with Crippen molar-refractivity contribution in [3.63, 3.8) is 0 Å². The molecule has 24 heavy (non-hydrogen) atoms. The third-order valence-corrected chi connectivity index (χ3v) is 5.57. The molecule has 2 N–H and O–H groups in total. The molecular formula is C17H23N5O2. The molecule has 0 amide bonds. The van der Waals surface area contributed by atoms with Crippen LogP contribution in [0, 0.1) is 11.3 Å². The lowest BCUT2D eigenvalue weighted by molar-refractivity contribution is -0.0545. The fourth-order valence-electron chi connectivity index (χ4n) is 4.08. The maximum Gasteiger partial charge on any atom is 0.247 e. The molecule has 1 aromatic heterocycles. The van der Waals surface area contributed by atoms with E-state index >= 15 is 0 Å². The number of rotatable bonds is 4. The zero-order chi connectivity index (χ0) is 16.4. The van der Waals surface area contributed by atoms with Gasteiger partial charge in [0.25, 0.3) is 0 Å². The zero-order valence-electron chi connectivity index (χ0n) is 13.6. The van der Waals surface area contributed by atoms with Crippen LogP contribution < -0.4 is 5.32 Å². The molecule has 0 radical (unpaired) electrons. The average molecular weight is 329 g/mol. The average Bonchev–Trinajstić information content (AvgIpc) is 3.21. The Kier molecular flexibility index (Phi) is 4.20. The molecule has 4 rings (SSSR count). The first-order chi connectivity index (χ1) is 11.8. The second kappa shape index (κ2) is 6.49. The predicted octanol–water partition coefficient (Wildman–Crippen LogP) is 1.64. The Morgan fingerprint density at radius 2 is 2.00 bits per heavy atom. The van der Waals surface area contributed by atoms with Crippen LogP contribution >= 0.6 is 0 Å². The summed E-state index contributed by atoms with van der Waals surface area (Å²) in [5.74, 6) is 0.838. The van der Waals surface area contributed by atoms with Crippen molar-refractivity contribution >= 4 is 5.95 Å². The van der Waals surface area contributed by atoms with E-state index in [1.807, 2.05) is 30.3 Å². The van der Waals surface area contributed by atoms with E-state index in [2.05, 4.69) is 20.8 Å². The largest absolute Gasteiger partial charge is 0.392 e. The molecule has 1 saturated heterocycles. The van der Waals surface area contributed by atoms with Crippen LogP contribution in [-0.2, 0) is 4.74 Å². The van der Waals surface area contributed by atoms with Crippen LogP contribution in [0.3, 0.4) is 0 Å². The number of nitrogens with zero attached hydrogens (tertiary/aromatic N) is 4. The lowest BCUT2D eigenvalue weighted by Gasteiger charge is -2.37. The second-order valence-corrected chi connectivity index (χ2v) is 6.85. The van der Waals surface area contributed by atoms with Gasteiger partial charge in [0.15, 0.2) is 0 Å². The summed E-state index contributed by atoms with van der Waals surface area (Å²) in [5, 5.41) is 26.0. The number of hydrogen-bond donors (Lipinski definition) is 2. The van der Waals surface area contributed by atoms with Gasteiger partial charge < -0.3 is 15.2 Å². The summed E-state index contributed by atoms with van der Waals surface area (Å²) in [6.45, 7) is 2.21. The van der Waals surface area contributed by atoms with E-state index in [0.29, 0.717) is 12.5 Å². The Hall–Kier alpha value is -1.99. The first-order valence-electron chi connectivity index (χ1n) is 8.62. The van der Waals surface area contributed by atoms with Gasteiger partial charge in [-0.1, -0.05) is 23.3 Å². The number of aliphatic hydroxyl groups is 1. The zero-order valence-corrected chi connectivity index (χ0v) is 13.6. The van der Waals surface area contributed by atoms with E-state index in [-0.39, 0.29) is 17.4 Å². The lowest BCUT2D eigenvalue weighted by Crippen LogP contribution is -2.40. The van der Waals surface area contributed by atoms with Crippen molar-refractivity contribution in [3.05, 3.63) is 30.3 Å². The van der Waals surface area contributed by atoms with E-state index in [1.54, 1.807) is 4.68 Å². The molecule has 1 aliphatic carbocycles. The summed E-state index contributed by atoms with van der Waals surface area (Å²) in [7, 11) is 0. The molecule has 1 aromatic carbocycles. The van der Waals surface area contributed by atoms with Gasteiger partial charge in [-0.3, -0.25) is 0 Å². The van der Waals surface area contributed by atoms with E-state index in [9.17, 15) is 5.11 Å². The maximum absolute atomic E-state index is 10.8. The molecule has 0 unspecified atom stereocenters. The highest BCUT2D eigenvalue weighted by Gasteiger charge is 2.48. The van der Waals surface area contributed by atoms with Gasteiger partial charge in [0.1, 0.15) is 0 Å². The number of aromatic nitrogens is 4. The third kappa shape index (κ3) is 2.78. The number of para-hydroxylation sites is 1. The summed E-state index contributed by atoms with van der Waals surface area (Å²) in [4.78, 5) is 0. The van der Waals surface area contributed by atoms with Gasteiger partial charge in [0, 0.05) is 31.1 Å². The summed E-state index contributed by atoms with van der Waals surface area (Å²) in [5.41, 5.74) is 0.966. The van der Waals surface area contributed by atoms with Gasteiger partial charge in [-0.2, -0.15) is 4.68 Å². The molecule has 7 nitrogen and oxygen atoms in total. The van der Waals surface area contributed by atoms with Crippen molar-refractivity contribution in [2.45, 2.75) is 31.8 Å². The van der Waals surface area contributed by atoms with Gasteiger partial charge in [-0.05, 0) is 48.2 Å². The van der Waals surface area contributed by atoms with Gasteiger partial charge in [0.05, 0.1) is 11.8 Å². The minimum absolute atomic E-state index is 0.0515. The van der Waals surface area contributed by atoms with Crippen molar-refractivity contribution < 1.29 is 9.84 Å². The molecule has 1 saturated carbocycles. The van der Waals surface area contributed by atoms with Gasteiger partial charge in [-0.25, -0.2) is 0 Å². The fraction of sp³-hybridized carbons (Fsp3) is 0.588. The molecule has 0 bridgehead atoms. The number of anilines is 1. The number of ether oxygens (including phenoxy) is 1. The summed E-state index contributed by atoms with van der Waals surface area (Å²) in [6.07, 6.45) is 3.75. The molecule has 1 spiro atoms. The van der Waals surface area contributed by atoms with Crippen molar-refractivity contribution in [2.75, 3.05) is 25.1 Å². The highest BCUT2D eigenvalue weighted by atomic mass is 16.5. The SMILES string of the molecule is O[C@@H]1[C@H](CNc2nnnn2-c2ccccc2)CCC12CCOCC2. The Bertz CT molecular complexity index is 669. The van der Waals surface area contributed by atoms with E-state index in [4.69, 9.17) is 4.74 Å². The minimum Gasteiger partial charge on any atom is -0.392 e. The summed E-state index contributed by atoms with van der Waals surface area (Å²) in [6, 6.07) is 9.79. The molecular weight excluding hydrogens is 306 g/mol. The van der Waals surface area contributed by atoms with Crippen LogP contribution in [0.4, 0.5) is 5.95 Å². The van der Waals surface area contributed by atoms with Crippen molar-refractivity contribution in [1.82, 2.24) is 20.2 Å². The lowest BCUT2D eigenvalue weighted by atomic mass is 9.76. The topological polar surface area (TPSA) is 85.1 Å². The molecule has 128 valence electrons. The van der Waals surface area contributed by atoms with Crippen LogP contribution in [0.2, 0.25) is 0 Å². The first kappa shape index (κ1) is 15.5. The minimum atomic E-state index is -0.282. The second-order valence-electron chi connectivity index (χ2n) is 6.85. The van der Waals surface area contributed by atoms with Crippen LogP contribution in [0.5, 0.6) is 0 Å². The molecule has 2 heterocycles. The number of tetrazole rings is 1. The van der Waals surface area contributed by atoms with Gasteiger partial charge in [-0.15, -0.1) is 0 Å². The van der Waals surface area contributed by atoms with Crippen LogP contribution in [0.25, 0.3) is 5.69 Å². The Morgan fingerprint density at radius 3 is 2.79 bits per heavy atom. The highest BCUT2D eigenvalue weighted by molar-refractivity contribution is 5.38. The monoisotopic (exact) mass is 329 g/mol. The van der Waals surface area contributed by atoms with E-state index < -0.39 is 0 Å². The van der Waals surface area contributed by atoms with Crippen molar-refractivity contribution in [2.24, 2.45) is 11.3 Å². The van der Waals surface area contributed by atoms with E-state index in [1.165, 1.54) is 0 Å². The number of aliphatic hydroxyl groups excluding tert-OH is 1. The Morgan fingerprint density at radius 1 is 1.21 bits per heavy atom. The van der Waals surface area contributed by atoms with E-state index in [0.717, 1.165) is 44.6 Å². The fourth-order valence-corrected chi connectivity index (χ4v) is 4.08. The van der Waals surface area contributed by atoms with Crippen molar-refractivity contribution in [1.29, 1.82) is 0 Å². The Labute approximate surface area is 141 Å². The standard InChI is InChI=1S/C17H23N5O2/c23-15-13(6-7-17(15)8-10-24-11-9-17)12-18-16-19-20-21-22(16)14-4-2-1-3-5-14/h1-5,13,15,23H,6-12H2,(H,18,19,21)/t13-,15+/m0/s1. The summed E-state index contributed by atoms with van der Waals surface area (Å²) < 4.78 is 7.15. The normalized spacial score (nSPS) is 25.9. The molecule has 1 aliphatic heterocycles. The summed E-state index contributed by atoms with van der Waals surface area (Å²) >= 11 is 0. The van der Waals surface area contributed by atoms with Crippen LogP contribution in [0.1, 0.15) is 25.7 Å². The molecule has 2 aliphatic rings.